The molecule has 6 heteroatoms. The molecule has 6 fully saturated rings. The number of aromatic nitrogens is 2. The lowest BCUT2D eigenvalue weighted by atomic mass is 9.53. The Morgan fingerprint density at radius 3 is 2.11 bits per heavy atom. The van der Waals surface area contributed by atoms with Gasteiger partial charge in [-0.15, -0.1) is 5.10 Å². The van der Waals surface area contributed by atoms with Crippen molar-refractivity contribution in [3.05, 3.63) is 17.8 Å². The van der Waals surface area contributed by atoms with E-state index in [1.165, 1.54) is 51.4 Å². The summed E-state index contributed by atoms with van der Waals surface area (Å²) in [7, 11) is 0. The average molecular weight is 382 g/mol. The molecule has 5 aliphatic carbocycles. The van der Waals surface area contributed by atoms with E-state index in [0.29, 0.717) is 5.92 Å². The molecule has 1 saturated heterocycles. The van der Waals surface area contributed by atoms with Crippen LogP contribution in [0.4, 0.5) is 10.6 Å². The van der Waals surface area contributed by atoms with E-state index in [9.17, 15) is 4.79 Å². The van der Waals surface area contributed by atoms with Crippen LogP contribution in [0, 0.1) is 17.8 Å². The number of piperazine rings is 1. The minimum absolute atomic E-state index is 0.104. The molecule has 0 aromatic carbocycles. The quantitative estimate of drug-likeness (QED) is 0.874. The SMILES string of the molecule is O=C(NC12CC3CC(CC(C3)C1)C2)N1CCN(c2ccc(C3CC3)nn2)CC1. The highest BCUT2D eigenvalue weighted by atomic mass is 16.2. The Kier molecular flexibility index (Phi) is 3.85. The molecule has 1 aromatic rings. The Morgan fingerprint density at radius 1 is 0.929 bits per heavy atom. The molecule has 150 valence electrons. The smallest absolute Gasteiger partial charge is 0.317 e. The van der Waals surface area contributed by atoms with Crippen molar-refractivity contribution in [1.29, 1.82) is 0 Å². The highest BCUT2D eigenvalue weighted by Crippen LogP contribution is 2.55. The van der Waals surface area contributed by atoms with Gasteiger partial charge in [0.2, 0.25) is 0 Å². The van der Waals surface area contributed by atoms with Crippen molar-refractivity contribution >= 4 is 11.8 Å². The molecule has 28 heavy (non-hydrogen) atoms. The van der Waals surface area contributed by atoms with Crippen molar-refractivity contribution in [2.24, 2.45) is 17.8 Å². The molecule has 2 amide bonds. The summed E-state index contributed by atoms with van der Waals surface area (Å²) in [6.45, 7) is 3.21. The minimum atomic E-state index is 0.104. The van der Waals surface area contributed by atoms with Crippen molar-refractivity contribution in [3.63, 3.8) is 0 Å². The van der Waals surface area contributed by atoms with Gasteiger partial charge in [0.25, 0.3) is 0 Å². The molecule has 0 radical (unpaired) electrons. The van der Waals surface area contributed by atoms with Gasteiger partial charge in [0, 0.05) is 37.6 Å². The number of amides is 2. The zero-order valence-electron chi connectivity index (χ0n) is 16.6. The zero-order chi connectivity index (χ0) is 18.7. The summed E-state index contributed by atoms with van der Waals surface area (Å²) in [6.07, 6.45) is 10.4. The van der Waals surface area contributed by atoms with Crippen LogP contribution in [0.25, 0.3) is 0 Å². The first-order valence-electron chi connectivity index (χ1n) is 11.3. The Labute approximate surface area is 167 Å². The number of nitrogens with zero attached hydrogens (tertiary/aromatic N) is 4. The summed E-state index contributed by atoms with van der Waals surface area (Å²) >= 11 is 0. The maximum absolute atomic E-state index is 13.0. The molecule has 0 atom stereocenters. The van der Waals surface area contributed by atoms with Crippen molar-refractivity contribution in [2.75, 3.05) is 31.1 Å². The van der Waals surface area contributed by atoms with Gasteiger partial charge in [-0.05, 0) is 81.3 Å². The van der Waals surface area contributed by atoms with Gasteiger partial charge in [0.15, 0.2) is 5.82 Å². The molecule has 6 aliphatic rings. The predicted molar refractivity (Wildman–Crippen MR) is 107 cm³/mol. The average Bonchev–Trinajstić information content (AvgIpc) is 3.52. The monoisotopic (exact) mass is 381 g/mol. The largest absolute Gasteiger partial charge is 0.352 e. The number of anilines is 1. The second-order valence-corrected chi connectivity index (χ2v) is 10.2. The fourth-order valence-electron chi connectivity index (χ4n) is 6.81. The molecule has 6 nitrogen and oxygen atoms in total. The van der Waals surface area contributed by atoms with Crippen molar-refractivity contribution < 1.29 is 4.79 Å². The van der Waals surface area contributed by atoms with Crippen LogP contribution in [0.5, 0.6) is 0 Å². The first-order chi connectivity index (χ1) is 13.7. The van der Waals surface area contributed by atoms with Crippen LogP contribution in [0.15, 0.2) is 12.1 Å². The van der Waals surface area contributed by atoms with E-state index in [4.69, 9.17) is 0 Å². The normalized spacial score (nSPS) is 36.6. The highest BCUT2D eigenvalue weighted by molar-refractivity contribution is 5.75. The molecule has 5 saturated carbocycles. The lowest BCUT2D eigenvalue weighted by molar-refractivity contribution is -0.0157. The molecule has 4 bridgehead atoms. The zero-order valence-corrected chi connectivity index (χ0v) is 16.6. The molecular weight excluding hydrogens is 350 g/mol. The Balaban J connectivity index is 1.06. The maximum Gasteiger partial charge on any atom is 0.317 e. The predicted octanol–water partition coefficient (Wildman–Crippen LogP) is 3.15. The summed E-state index contributed by atoms with van der Waals surface area (Å²) < 4.78 is 0. The molecule has 1 N–H and O–H groups in total. The molecular formula is C22H31N5O. The van der Waals surface area contributed by atoms with Gasteiger partial charge in [-0.25, -0.2) is 4.79 Å². The van der Waals surface area contributed by atoms with Gasteiger partial charge in [0.1, 0.15) is 0 Å². The van der Waals surface area contributed by atoms with Crippen LogP contribution in [-0.4, -0.2) is 52.8 Å². The second kappa shape index (κ2) is 6.33. The molecule has 1 aliphatic heterocycles. The first-order valence-corrected chi connectivity index (χ1v) is 11.3. The number of hydrogen-bond donors (Lipinski definition) is 1. The Morgan fingerprint density at radius 2 is 1.57 bits per heavy atom. The van der Waals surface area contributed by atoms with Crippen LogP contribution in [0.2, 0.25) is 0 Å². The third kappa shape index (κ3) is 3.05. The first kappa shape index (κ1) is 17.0. The fraction of sp³-hybridized carbons (Fsp3) is 0.773. The summed E-state index contributed by atoms with van der Waals surface area (Å²) in [4.78, 5) is 17.3. The Bertz CT molecular complexity index is 715. The van der Waals surface area contributed by atoms with E-state index < -0.39 is 0 Å². The van der Waals surface area contributed by atoms with Gasteiger partial charge >= 0.3 is 6.03 Å². The Hall–Kier alpha value is -1.85. The van der Waals surface area contributed by atoms with Gasteiger partial charge in [-0.3, -0.25) is 0 Å². The van der Waals surface area contributed by atoms with Crippen LogP contribution < -0.4 is 10.2 Å². The van der Waals surface area contributed by atoms with Crippen LogP contribution in [-0.2, 0) is 0 Å². The number of nitrogens with one attached hydrogen (secondary N) is 1. The molecule has 2 heterocycles. The minimum Gasteiger partial charge on any atom is -0.352 e. The molecule has 7 rings (SSSR count). The molecule has 0 spiro atoms. The van der Waals surface area contributed by atoms with Gasteiger partial charge in [0.05, 0.1) is 5.69 Å². The summed E-state index contributed by atoms with van der Waals surface area (Å²) in [5.74, 6) is 4.18. The lowest BCUT2D eigenvalue weighted by Gasteiger charge is -2.57. The number of carbonyl (C=O) groups is 1. The summed E-state index contributed by atoms with van der Waals surface area (Å²) in [5.41, 5.74) is 1.24. The van der Waals surface area contributed by atoms with E-state index in [1.54, 1.807) is 0 Å². The van der Waals surface area contributed by atoms with E-state index in [1.807, 2.05) is 4.90 Å². The van der Waals surface area contributed by atoms with E-state index >= 15 is 0 Å². The summed E-state index contributed by atoms with van der Waals surface area (Å²) in [5, 5.41) is 12.4. The van der Waals surface area contributed by atoms with Gasteiger partial charge < -0.3 is 15.1 Å². The molecule has 1 aromatic heterocycles. The fourth-order valence-corrected chi connectivity index (χ4v) is 6.81. The topological polar surface area (TPSA) is 61.4 Å². The van der Waals surface area contributed by atoms with Crippen molar-refractivity contribution in [2.45, 2.75) is 62.8 Å². The summed E-state index contributed by atoms with van der Waals surface area (Å²) in [6, 6.07) is 4.40. The van der Waals surface area contributed by atoms with Crippen LogP contribution >= 0.6 is 0 Å². The third-order valence-corrected chi connectivity index (χ3v) is 7.97. The maximum atomic E-state index is 13.0. The number of carbonyl (C=O) groups excluding carboxylic acids is 1. The highest BCUT2D eigenvalue weighted by Gasteiger charge is 2.51. The van der Waals surface area contributed by atoms with Crippen LogP contribution in [0.3, 0.4) is 0 Å². The van der Waals surface area contributed by atoms with E-state index in [-0.39, 0.29) is 11.6 Å². The standard InChI is InChI=1S/C22H31N5O/c28-21(23-22-12-15-9-16(13-22)11-17(10-15)14-22)27-7-5-26(6-8-27)20-4-3-19(24-25-20)18-1-2-18/h3-4,15-18H,1-2,5-14H2,(H,23,28). The number of rotatable bonds is 3. The van der Waals surface area contributed by atoms with Crippen LogP contribution in [0.1, 0.15) is 63.0 Å². The number of hydrogen-bond acceptors (Lipinski definition) is 4. The van der Waals surface area contributed by atoms with Crippen molar-refractivity contribution in [1.82, 2.24) is 20.4 Å². The van der Waals surface area contributed by atoms with Gasteiger partial charge in [-0.2, -0.15) is 5.10 Å². The lowest BCUT2D eigenvalue weighted by Crippen LogP contribution is -2.63. The number of urea groups is 1. The second-order valence-electron chi connectivity index (χ2n) is 10.2. The van der Waals surface area contributed by atoms with Crippen molar-refractivity contribution in [3.8, 4) is 0 Å². The van der Waals surface area contributed by atoms with Gasteiger partial charge in [-0.1, -0.05) is 0 Å². The van der Waals surface area contributed by atoms with E-state index in [0.717, 1.165) is 55.4 Å². The molecule has 0 unspecified atom stereocenters. The third-order valence-electron chi connectivity index (χ3n) is 7.97. The van der Waals surface area contributed by atoms with E-state index in [2.05, 4.69) is 32.5 Å².